The molecule has 0 saturated carbocycles. The minimum absolute atomic E-state index is 0.0938. The normalized spacial score (nSPS) is 11.0. The minimum Gasteiger partial charge on any atom is -0.494 e. The summed E-state index contributed by atoms with van der Waals surface area (Å²) in [7, 11) is 0. The summed E-state index contributed by atoms with van der Waals surface area (Å²) in [5, 5.41) is 2.78. The molecule has 0 fully saturated rings. The SMILES string of the molecule is CCOc1ccc2nc(N(Cc3cccnc3)C(=O)c3ccc4ccccc4c3)sc2c1. The molecular formula is C26H21N3O2S. The molecule has 0 aliphatic carbocycles. The second-order valence-electron chi connectivity index (χ2n) is 7.37. The van der Waals surface area contributed by atoms with Gasteiger partial charge in [0.2, 0.25) is 0 Å². The topological polar surface area (TPSA) is 55.3 Å². The van der Waals surface area contributed by atoms with Crippen molar-refractivity contribution in [3.05, 3.63) is 96.3 Å². The van der Waals surface area contributed by atoms with Gasteiger partial charge >= 0.3 is 0 Å². The van der Waals surface area contributed by atoms with E-state index in [1.54, 1.807) is 17.3 Å². The Morgan fingerprint density at radius 3 is 2.69 bits per heavy atom. The molecule has 3 aromatic carbocycles. The van der Waals surface area contributed by atoms with E-state index < -0.39 is 0 Å². The Bertz CT molecular complexity index is 1400. The molecule has 0 bridgehead atoms. The molecule has 32 heavy (non-hydrogen) atoms. The monoisotopic (exact) mass is 439 g/mol. The molecule has 2 heterocycles. The summed E-state index contributed by atoms with van der Waals surface area (Å²) in [6.45, 7) is 2.95. The molecule has 0 spiro atoms. The standard InChI is InChI=1S/C26H21N3O2S/c1-2-31-22-11-12-23-24(15-22)32-26(28-23)29(17-18-6-5-13-27-16-18)25(30)21-10-9-19-7-3-4-8-20(19)14-21/h3-16H,2,17H2,1H3. The lowest BCUT2D eigenvalue weighted by Gasteiger charge is -2.20. The smallest absolute Gasteiger partial charge is 0.260 e. The lowest BCUT2D eigenvalue weighted by molar-refractivity contribution is 0.0985. The number of ether oxygens (including phenoxy) is 1. The fourth-order valence-electron chi connectivity index (χ4n) is 3.64. The number of benzene rings is 3. The number of hydrogen-bond acceptors (Lipinski definition) is 5. The summed E-state index contributed by atoms with van der Waals surface area (Å²) < 4.78 is 6.61. The number of carbonyl (C=O) groups excluding carboxylic acids is 1. The van der Waals surface area contributed by atoms with Crippen molar-refractivity contribution in [1.82, 2.24) is 9.97 Å². The third-order valence-electron chi connectivity index (χ3n) is 5.20. The summed E-state index contributed by atoms with van der Waals surface area (Å²) >= 11 is 1.48. The van der Waals surface area contributed by atoms with Crippen molar-refractivity contribution in [3.8, 4) is 5.75 Å². The summed E-state index contributed by atoms with van der Waals surface area (Å²) in [6.07, 6.45) is 3.51. The first-order chi connectivity index (χ1) is 15.7. The van der Waals surface area contributed by atoms with Crippen LogP contribution < -0.4 is 9.64 Å². The number of pyridine rings is 1. The quantitative estimate of drug-likeness (QED) is 0.321. The minimum atomic E-state index is -0.0938. The molecule has 0 atom stereocenters. The summed E-state index contributed by atoms with van der Waals surface area (Å²) in [5.74, 6) is 0.707. The fraction of sp³-hybridized carbons (Fsp3) is 0.115. The third kappa shape index (κ3) is 4.05. The number of thiazole rings is 1. The molecule has 2 aromatic heterocycles. The van der Waals surface area contributed by atoms with Gasteiger partial charge in [-0.1, -0.05) is 47.7 Å². The maximum absolute atomic E-state index is 13.7. The van der Waals surface area contributed by atoms with Crippen molar-refractivity contribution in [1.29, 1.82) is 0 Å². The summed E-state index contributed by atoms with van der Waals surface area (Å²) in [4.78, 5) is 24.4. The number of hydrogen-bond donors (Lipinski definition) is 0. The highest BCUT2D eigenvalue weighted by molar-refractivity contribution is 7.22. The van der Waals surface area contributed by atoms with Crippen LogP contribution in [0.2, 0.25) is 0 Å². The molecule has 0 N–H and O–H groups in total. The Morgan fingerprint density at radius 2 is 1.88 bits per heavy atom. The van der Waals surface area contributed by atoms with Crippen LogP contribution in [0.4, 0.5) is 5.13 Å². The van der Waals surface area contributed by atoms with E-state index in [1.807, 2.05) is 79.7 Å². The maximum Gasteiger partial charge on any atom is 0.260 e. The van der Waals surface area contributed by atoms with Crippen LogP contribution in [0.5, 0.6) is 5.75 Å². The average molecular weight is 440 g/mol. The van der Waals surface area contributed by atoms with Crippen molar-refractivity contribution >= 4 is 43.4 Å². The first-order valence-corrected chi connectivity index (χ1v) is 11.3. The number of anilines is 1. The molecule has 0 saturated heterocycles. The van der Waals surface area contributed by atoms with Crippen LogP contribution in [-0.2, 0) is 6.54 Å². The molecule has 0 unspecified atom stereocenters. The van der Waals surface area contributed by atoms with Gasteiger partial charge in [-0.05, 0) is 59.7 Å². The Morgan fingerprint density at radius 1 is 1.00 bits per heavy atom. The van der Waals surface area contributed by atoms with Crippen LogP contribution >= 0.6 is 11.3 Å². The van der Waals surface area contributed by atoms with E-state index in [4.69, 9.17) is 9.72 Å². The zero-order valence-corrected chi connectivity index (χ0v) is 18.4. The van der Waals surface area contributed by atoms with Crippen molar-refractivity contribution in [2.24, 2.45) is 0 Å². The van der Waals surface area contributed by atoms with E-state index >= 15 is 0 Å². The fourth-order valence-corrected chi connectivity index (χ4v) is 4.64. The molecule has 5 nitrogen and oxygen atoms in total. The van der Waals surface area contributed by atoms with Gasteiger partial charge in [0.15, 0.2) is 5.13 Å². The zero-order chi connectivity index (χ0) is 21.9. The Hall–Kier alpha value is -3.77. The Balaban J connectivity index is 1.56. The number of fused-ring (bicyclic) bond motifs is 2. The van der Waals surface area contributed by atoms with Crippen LogP contribution in [0.3, 0.4) is 0 Å². The van der Waals surface area contributed by atoms with Crippen molar-refractivity contribution < 1.29 is 9.53 Å². The second-order valence-corrected chi connectivity index (χ2v) is 8.38. The van der Waals surface area contributed by atoms with Crippen LogP contribution in [0.15, 0.2) is 85.2 Å². The van der Waals surface area contributed by atoms with Crippen LogP contribution in [0.25, 0.3) is 21.0 Å². The molecule has 0 aliphatic heterocycles. The second kappa shape index (κ2) is 8.77. The Kier molecular flexibility index (Phi) is 5.52. The molecule has 1 amide bonds. The third-order valence-corrected chi connectivity index (χ3v) is 6.24. The summed E-state index contributed by atoms with van der Waals surface area (Å²) in [6, 6.07) is 23.5. The van der Waals surface area contributed by atoms with Gasteiger partial charge in [-0.3, -0.25) is 14.7 Å². The Labute approximate surface area is 189 Å². The predicted octanol–water partition coefficient (Wildman–Crippen LogP) is 6.09. The van der Waals surface area contributed by atoms with Crippen molar-refractivity contribution in [2.45, 2.75) is 13.5 Å². The van der Waals surface area contributed by atoms with Gasteiger partial charge in [-0.2, -0.15) is 0 Å². The van der Waals surface area contributed by atoms with Gasteiger partial charge in [0.05, 0.1) is 23.4 Å². The molecule has 5 rings (SSSR count). The highest BCUT2D eigenvalue weighted by atomic mass is 32.1. The molecule has 5 aromatic rings. The van der Waals surface area contributed by atoms with Gasteiger partial charge in [0, 0.05) is 18.0 Å². The van der Waals surface area contributed by atoms with E-state index in [9.17, 15) is 4.79 Å². The highest BCUT2D eigenvalue weighted by Crippen LogP contribution is 2.33. The molecular weight excluding hydrogens is 418 g/mol. The lowest BCUT2D eigenvalue weighted by atomic mass is 10.1. The number of rotatable bonds is 6. The largest absolute Gasteiger partial charge is 0.494 e. The molecule has 0 radical (unpaired) electrons. The van der Waals surface area contributed by atoms with Gasteiger partial charge in [0.25, 0.3) is 5.91 Å². The van der Waals surface area contributed by atoms with Crippen molar-refractivity contribution in [3.63, 3.8) is 0 Å². The van der Waals surface area contributed by atoms with Gasteiger partial charge < -0.3 is 4.74 Å². The zero-order valence-electron chi connectivity index (χ0n) is 17.6. The van der Waals surface area contributed by atoms with E-state index in [0.29, 0.717) is 23.8 Å². The number of amides is 1. The van der Waals surface area contributed by atoms with E-state index in [0.717, 1.165) is 32.3 Å². The number of carbonyl (C=O) groups is 1. The summed E-state index contributed by atoms with van der Waals surface area (Å²) in [5.41, 5.74) is 2.41. The predicted molar refractivity (Wildman–Crippen MR) is 129 cm³/mol. The first kappa shape index (κ1) is 20.2. The van der Waals surface area contributed by atoms with Crippen molar-refractivity contribution in [2.75, 3.05) is 11.5 Å². The maximum atomic E-state index is 13.7. The highest BCUT2D eigenvalue weighted by Gasteiger charge is 2.22. The van der Waals surface area contributed by atoms with Gasteiger partial charge in [0.1, 0.15) is 5.75 Å². The van der Waals surface area contributed by atoms with Gasteiger partial charge in [-0.15, -0.1) is 0 Å². The number of nitrogens with zero attached hydrogens (tertiary/aromatic N) is 3. The molecule has 0 aliphatic rings. The first-order valence-electron chi connectivity index (χ1n) is 10.4. The van der Waals surface area contributed by atoms with Crippen LogP contribution in [0.1, 0.15) is 22.8 Å². The van der Waals surface area contributed by atoms with E-state index in [-0.39, 0.29) is 5.91 Å². The van der Waals surface area contributed by atoms with E-state index in [2.05, 4.69) is 4.98 Å². The van der Waals surface area contributed by atoms with Gasteiger partial charge in [-0.25, -0.2) is 4.98 Å². The number of aromatic nitrogens is 2. The lowest BCUT2D eigenvalue weighted by Crippen LogP contribution is -2.30. The average Bonchev–Trinajstić information content (AvgIpc) is 3.26. The van der Waals surface area contributed by atoms with Crippen LogP contribution in [0, 0.1) is 0 Å². The molecule has 158 valence electrons. The van der Waals surface area contributed by atoms with E-state index in [1.165, 1.54) is 11.3 Å². The van der Waals surface area contributed by atoms with Crippen LogP contribution in [-0.4, -0.2) is 22.5 Å². The molecule has 6 heteroatoms.